The van der Waals surface area contributed by atoms with E-state index >= 15 is 0 Å². The lowest BCUT2D eigenvalue weighted by atomic mass is 10.2. The highest BCUT2D eigenvalue weighted by Gasteiger charge is 2.22. The maximum Gasteiger partial charge on any atom is 0.156 e. The van der Waals surface area contributed by atoms with Gasteiger partial charge in [0.15, 0.2) is 17.4 Å². The lowest BCUT2D eigenvalue weighted by Crippen LogP contribution is -2.47. The molecule has 0 amide bonds. The lowest BCUT2D eigenvalue weighted by Gasteiger charge is -2.35. The van der Waals surface area contributed by atoms with Gasteiger partial charge in [-0.2, -0.15) is 0 Å². The van der Waals surface area contributed by atoms with E-state index in [-0.39, 0.29) is 0 Å². The third-order valence-corrected chi connectivity index (χ3v) is 4.86. The summed E-state index contributed by atoms with van der Waals surface area (Å²) < 4.78 is 5.37. The molecular formula is C19H19N7O. The van der Waals surface area contributed by atoms with Crippen molar-refractivity contribution in [3.63, 3.8) is 0 Å². The third-order valence-electron chi connectivity index (χ3n) is 4.86. The van der Waals surface area contributed by atoms with Gasteiger partial charge in [0.05, 0.1) is 11.8 Å². The van der Waals surface area contributed by atoms with Crippen molar-refractivity contribution >= 4 is 22.7 Å². The minimum absolute atomic E-state index is 0.730. The van der Waals surface area contributed by atoms with Gasteiger partial charge >= 0.3 is 0 Å². The van der Waals surface area contributed by atoms with Crippen LogP contribution in [0.1, 0.15) is 5.69 Å². The molecule has 0 bridgehead atoms. The van der Waals surface area contributed by atoms with Gasteiger partial charge in [0.2, 0.25) is 0 Å². The van der Waals surface area contributed by atoms with Crippen molar-refractivity contribution in [2.24, 2.45) is 0 Å². The number of aromatic amines is 1. The molecule has 8 heteroatoms. The first-order chi connectivity index (χ1) is 13.3. The number of hydrogen-bond acceptors (Lipinski definition) is 7. The van der Waals surface area contributed by atoms with Crippen LogP contribution in [0.3, 0.4) is 0 Å². The van der Waals surface area contributed by atoms with Crippen LogP contribution in [0.4, 0.5) is 11.6 Å². The second kappa shape index (κ2) is 6.39. The van der Waals surface area contributed by atoms with Gasteiger partial charge in [0.25, 0.3) is 0 Å². The molecule has 0 saturated carbocycles. The van der Waals surface area contributed by atoms with E-state index in [1.54, 1.807) is 12.6 Å². The van der Waals surface area contributed by atoms with E-state index in [0.717, 1.165) is 66.0 Å². The fourth-order valence-electron chi connectivity index (χ4n) is 3.49. The molecule has 1 fully saturated rings. The molecule has 8 nitrogen and oxygen atoms in total. The maximum atomic E-state index is 5.37. The number of H-pyrrole nitrogens is 1. The molecule has 1 aliphatic rings. The van der Waals surface area contributed by atoms with Gasteiger partial charge in [-0.05, 0) is 37.3 Å². The number of fused-ring (bicyclic) bond motifs is 1. The Morgan fingerprint density at radius 2 is 1.85 bits per heavy atom. The summed E-state index contributed by atoms with van der Waals surface area (Å²) in [6.07, 6.45) is 3.27. The molecule has 4 aromatic rings. The molecule has 1 N–H and O–H groups in total. The van der Waals surface area contributed by atoms with Crippen LogP contribution in [-0.2, 0) is 0 Å². The second-order valence-corrected chi connectivity index (χ2v) is 6.64. The highest BCUT2D eigenvalue weighted by Crippen LogP contribution is 2.25. The van der Waals surface area contributed by atoms with Gasteiger partial charge in [-0.25, -0.2) is 9.97 Å². The molecule has 0 radical (unpaired) electrons. The highest BCUT2D eigenvalue weighted by atomic mass is 16.3. The summed E-state index contributed by atoms with van der Waals surface area (Å²) in [7, 11) is 0. The normalized spacial score (nSPS) is 14.9. The molecule has 5 rings (SSSR count). The van der Waals surface area contributed by atoms with Crippen LogP contribution >= 0.6 is 0 Å². The predicted octanol–water partition coefficient (Wildman–Crippen LogP) is 2.64. The van der Waals surface area contributed by atoms with Gasteiger partial charge in [0.1, 0.15) is 17.5 Å². The van der Waals surface area contributed by atoms with Crippen molar-refractivity contribution in [2.75, 3.05) is 36.0 Å². The quantitative estimate of drug-likeness (QED) is 0.600. The van der Waals surface area contributed by atoms with E-state index in [2.05, 4.69) is 34.9 Å². The first-order valence-electron chi connectivity index (χ1n) is 8.96. The summed E-state index contributed by atoms with van der Waals surface area (Å²) in [6.45, 7) is 5.49. The Kier molecular flexibility index (Phi) is 3.74. The zero-order chi connectivity index (χ0) is 18.2. The summed E-state index contributed by atoms with van der Waals surface area (Å²) in [5.41, 5.74) is 3.80. The number of furan rings is 1. The largest absolute Gasteiger partial charge is 0.463 e. The Morgan fingerprint density at radius 3 is 2.59 bits per heavy atom. The van der Waals surface area contributed by atoms with E-state index in [4.69, 9.17) is 4.42 Å². The smallest absolute Gasteiger partial charge is 0.156 e. The van der Waals surface area contributed by atoms with Gasteiger partial charge in [-0.1, -0.05) is 0 Å². The molecule has 0 spiro atoms. The first-order valence-corrected chi connectivity index (χ1v) is 8.96. The minimum Gasteiger partial charge on any atom is -0.463 e. The monoisotopic (exact) mass is 361 g/mol. The van der Waals surface area contributed by atoms with Crippen LogP contribution < -0.4 is 9.80 Å². The predicted molar refractivity (Wildman–Crippen MR) is 103 cm³/mol. The van der Waals surface area contributed by atoms with E-state index in [0.29, 0.717) is 0 Å². The average molecular weight is 361 g/mol. The number of aryl methyl sites for hydroxylation is 1. The number of rotatable bonds is 3. The zero-order valence-corrected chi connectivity index (χ0v) is 15.0. The van der Waals surface area contributed by atoms with Crippen molar-refractivity contribution < 1.29 is 4.42 Å². The van der Waals surface area contributed by atoms with Crippen LogP contribution in [-0.4, -0.2) is 51.3 Å². The Labute approximate surface area is 155 Å². The Morgan fingerprint density at radius 1 is 1.00 bits per heavy atom. The first kappa shape index (κ1) is 15.8. The van der Waals surface area contributed by atoms with E-state index in [1.165, 1.54) is 0 Å². The van der Waals surface area contributed by atoms with Crippen LogP contribution in [0, 0.1) is 6.92 Å². The average Bonchev–Trinajstić information content (AvgIpc) is 3.37. The summed E-state index contributed by atoms with van der Waals surface area (Å²) >= 11 is 0. The Bertz CT molecular complexity index is 1050. The van der Waals surface area contributed by atoms with Crippen LogP contribution in [0.5, 0.6) is 0 Å². The lowest BCUT2D eigenvalue weighted by molar-refractivity contribution is 0.578. The van der Waals surface area contributed by atoms with Gasteiger partial charge in [0, 0.05) is 31.9 Å². The fourth-order valence-corrected chi connectivity index (χ4v) is 3.49. The Balaban J connectivity index is 1.31. The summed E-state index contributed by atoms with van der Waals surface area (Å²) in [6, 6.07) is 9.72. The van der Waals surface area contributed by atoms with Crippen molar-refractivity contribution in [1.82, 2.24) is 25.1 Å². The number of aromatic nitrogens is 5. The molecule has 0 aliphatic carbocycles. The molecule has 0 unspecified atom stereocenters. The highest BCUT2D eigenvalue weighted by molar-refractivity contribution is 5.86. The molecule has 0 atom stereocenters. The van der Waals surface area contributed by atoms with E-state index in [9.17, 15) is 0 Å². The molecule has 136 valence electrons. The van der Waals surface area contributed by atoms with Crippen molar-refractivity contribution in [3.8, 4) is 11.5 Å². The van der Waals surface area contributed by atoms with E-state index < -0.39 is 0 Å². The molecule has 1 aliphatic heterocycles. The van der Waals surface area contributed by atoms with Crippen molar-refractivity contribution in [3.05, 3.63) is 48.6 Å². The number of hydrogen-bond donors (Lipinski definition) is 1. The molecule has 5 heterocycles. The molecule has 1 saturated heterocycles. The second-order valence-electron chi connectivity index (χ2n) is 6.64. The summed E-state index contributed by atoms with van der Waals surface area (Å²) in [5.74, 6) is 2.58. The van der Waals surface area contributed by atoms with Crippen molar-refractivity contribution in [2.45, 2.75) is 6.92 Å². The molecule has 4 aromatic heterocycles. The Hall–Kier alpha value is -3.42. The molecule has 27 heavy (non-hydrogen) atoms. The van der Waals surface area contributed by atoms with Crippen LogP contribution in [0.15, 0.2) is 47.3 Å². The van der Waals surface area contributed by atoms with Gasteiger partial charge in [-0.3, -0.25) is 0 Å². The molecule has 0 aromatic carbocycles. The number of piperazine rings is 1. The molecular weight excluding hydrogens is 342 g/mol. The van der Waals surface area contributed by atoms with Crippen molar-refractivity contribution in [1.29, 1.82) is 0 Å². The summed E-state index contributed by atoms with van der Waals surface area (Å²) in [4.78, 5) is 16.8. The maximum absolute atomic E-state index is 5.37. The number of nitrogens with zero attached hydrogens (tertiary/aromatic N) is 6. The van der Waals surface area contributed by atoms with Gasteiger partial charge in [-0.15, -0.1) is 10.2 Å². The van der Waals surface area contributed by atoms with Crippen LogP contribution in [0.2, 0.25) is 0 Å². The summed E-state index contributed by atoms with van der Waals surface area (Å²) in [5, 5.41) is 8.67. The fraction of sp³-hybridized carbons (Fsp3) is 0.263. The minimum atomic E-state index is 0.730. The SMILES string of the molecule is Cc1cc2ncnc(N3CCN(c4ccc(-c5ccco5)nn4)CC3)c2[nH]1. The topological polar surface area (TPSA) is 87.0 Å². The van der Waals surface area contributed by atoms with E-state index in [1.807, 2.05) is 37.3 Å². The van der Waals surface area contributed by atoms with Crippen LogP contribution in [0.25, 0.3) is 22.5 Å². The zero-order valence-electron chi connectivity index (χ0n) is 15.0. The third kappa shape index (κ3) is 2.88. The van der Waals surface area contributed by atoms with Gasteiger partial charge < -0.3 is 19.2 Å². The number of nitrogens with one attached hydrogen (secondary N) is 1. The number of anilines is 2. The standard InChI is InChI=1S/C19H19N7O/c1-13-11-15-18(22-13)19(21-12-20-15)26-8-6-25(7-9-26)17-5-4-14(23-24-17)16-3-2-10-27-16/h2-5,10-12,22H,6-9H2,1H3.